The van der Waals surface area contributed by atoms with Crippen molar-refractivity contribution in [3.05, 3.63) is 0 Å². The van der Waals surface area contributed by atoms with Gasteiger partial charge in [0.2, 0.25) is 0 Å². The van der Waals surface area contributed by atoms with E-state index < -0.39 is 0 Å². The summed E-state index contributed by atoms with van der Waals surface area (Å²) in [4.78, 5) is 0. The highest BCUT2D eigenvalue weighted by Crippen LogP contribution is 2.28. The Hall–Kier alpha value is 0.620. The lowest BCUT2D eigenvalue weighted by atomic mass is 9.82. The Labute approximate surface area is 111 Å². The van der Waals surface area contributed by atoms with Gasteiger partial charge in [-0.2, -0.15) is 25.3 Å². The second kappa shape index (κ2) is 12.1. The lowest BCUT2D eigenvalue weighted by molar-refractivity contribution is 0.199. The molecule has 0 saturated heterocycles. The largest absolute Gasteiger partial charge is 0.396 e. The molecule has 0 bridgehead atoms. The Bertz CT molecular complexity index is 139. The maximum atomic E-state index is 9.07. The van der Waals surface area contributed by atoms with Crippen LogP contribution in [-0.4, -0.2) is 34.9 Å². The molecule has 0 fully saturated rings. The summed E-state index contributed by atoms with van der Waals surface area (Å²) in [5.74, 6) is 2.98. The minimum atomic E-state index is 0.265. The molecule has 0 radical (unpaired) electrons. The normalized spacial score (nSPS) is 15.0. The molecule has 2 nitrogen and oxygen atoms in total. The molecule has 0 aromatic heterocycles. The summed E-state index contributed by atoms with van der Waals surface area (Å²) in [6.07, 6.45) is 6.14. The molecule has 2 N–H and O–H groups in total. The van der Waals surface area contributed by atoms with Crippen molar-refractivity contribution >= 4 is 25.3 Å². The molecule has 0 aromatic carbocycles. The fourth-order valence-electron chi connectivity index (χ4n) is 2.25. The van der Waals surface area contributed by atoms with Crippen molar-refractivity contribution in [3.63, 3.8) is 0 Å². The second-order valence-corrected chi connectivity index (χ2v) is 5.17. The number of aliphatic hydroxyl groups is 2. The van der Waals surface area contributed by atoms with Crippen LogP contribution in [0.25, 0.3) is 0 Å². The summed E-state index contributed by atoms with van der Waals surface area (Å²) >= 11 is 8.59. The average Bonchev–Trinajstić information content (AvgIpc) is 2.28. The van der Waals surface area contributed by atoms with Gasteiger partial charge in [-0.25, -0.2) is 0 Å². The minimum Gasteiger partial charge on any atom is -0.396 e. The third kappa shape index (κ3) is 7.82. The molecule has 0 aliphatic heterocycles. The van der Waals surface area contributed by atoms with E-state index in [1.54, 1.807) is 0 Å². The van der Waals surface area contributed by atoms with E-state index in [4.69, 9.17) is 10.2 Å². The van der Waals surface area contributed by atoms with Gasteiger partial charge in [0.05, 0.1) is 0 Å². The lowest BCUT2D eigenvalue weighted by Gasteiger charge is -2.26. The molecule has 0 aliphatic rings. The van der Waals surface area contributed by atoms with Gasteiger partial charge >= 0.3 is 0 Å². The Morgan fingerprint density at radius 2 is 1.25 bits per heavy atom. The van der Waals surface area contributed by atoms with E-state index in [9.17, 15) is 0 Å². The van der Waals surface area contributed by atoms with Crippen LogP contribution < -0.4 is 0 Å². The van der Waals surface area contributed by atoms with Gasteiger partial charge in [-0.1, -0.05) is 12.8 Å². The number of rotatable bonds is 11. The molecule has 0 amide bonds. The summed E-state index contributed by atoms with van der Waals surface area (Å²) in [5, 5.41) is 17.9. The van der Waals surface area contributed by atoms with Crippen LogP contribution in [0.3, 0.4) is 0 Å². The first-order valence-corrected chi connectivity index (χ1v) is 7.50. The summed E-state index contributed by atoms with van der Waals surface area (Å²) in [6.45, 7) is 0.548. The van der Waals surface area contributed by atoms with E-state index in [1.807, 2.05) is 0 Å². The van der Waals surface area contributed by atoms with Gasteiger partial charge < -0.3 is 10.2 Å². The third-order valence-corrected chi connectivity index (χ3v) is 3.67. The molecule has 0 aliphatic carbocycles. The number of unbranched alkanes of at least 4 members (excludes halogenated alkanes) is 1. The molecule has 0 rings (SSSR count). The van der Waals surface area contributed by atoms with Crippen LogP contribution in [0.4, 0.5) is 0 Å². The molecule has 2 atom stereocenters. The number of hydrogen-bond donors (Lipinski definition) is 4. The third-order valence-electron chi connectivity index (χ3n) is 3.15. The quantitative estimate of drug-likeness (QED) is 0.343. The Morgan fingerprint density at radius 3 is 1.69 bits per heavy atom. The van der Waals surface area contributed by atoms with E-state index in [2.05, 4.69) is 25.3 Å². The first kappa shape index (κ1) is 16.6. The molecule has 16 heavy (non-hydrogen) atoms. The van der Waals surface area contributed by atoms with Gasteiger partial charge in [-0.3, -0.25) is 0 Å². The van der Waals surface area contributed by atoms with Crippen LogP contribution in [0, 0.1) is 11.8 Å². The zero-order chi connectivity index (χ0) is 12.2. The van der Waals surface area contributed by atoms with Gasteiger partial charge in [0.15, 0.2) is 0 Å². The van der Waals surface area contributed by atoms with Crippen molar-refractivity contribution < 1.29 is 10.2 Å². The highest BCUT2D eigenvalue weighted by Gasteiger charge is 2.19. The monoisotopic (exact) mass is 266 g/mol. The van der Waals surface area contributed by atoms with Crippen molar-refractivity contribution in [3.8, 4) is 0 Å². The smallest absolute Gasteiger partial charge is 0.0433 e. The summed E-state index contributed by atoms with van der Waals surface area (Å²) < 4.78 is 0. The van der Waals surface area contributed by atoms with Gasteiger partial charge in [0.1, 0.15) is 0 Å². The fourth-order valence-corrected chi connectivity index (χ4v) is 2.91. The molecule has 0 aromatic rings. The highest BCUT2D eigenvalue weighted by molar-refractivity contribution is 7.80. The highest BCUT2D eigenvalue weighted by atomic mass is 32.1. The zero-order valence-corrected chi connectivity index (χ0v) is 11.8. The van der Waals surface area contributed by atoms with Gasteiger partial charge in [-0.15, -0.1) is 0 Å². The minimum absolute atomic E-state index is 0.265. The Morgan fingerprint density at radius 1 is 0.688 bits per heavy atom. The predicted octanol–water partition coefficient (Wildman–Crippen LogP) is 2.40. The first-order valence-electron chi connectivity index (χ1n) is 6.23. The van der Waals surface area contributed by atoms with E-state index >= 15 is 0 Å². The predicted molar refractivity (Wildman–Crippen MR) is 76.6 cm³/mol. The number of hydrogen-bond acceptors (Lipinski definition) is 4. The van der Waals surface area contributed by atoms with Gasteiger partial charge in [0, 0.05) is 13.2 Å². The number of thiol groups is 2. The topological polar surface area (TPSA) is 40.5 Å². The van der Waals surface area contributed by atoms with Crippen LogP contribution in [0.15, 0.2) is 0 Å². The summed E-state index contributed by atoms with van der Waals surface area (Å²) in [5.41, 5.74) is 0. The van der Waals surface area contributed by atoms with Crippen LogP contribution in [0.1, 0.15) is 38.5 Å². The van der Waals surface area contributed by atoms with Crippen LogP contribution >= 0.6 is 25.3 Å². The van der Waals surface area contributed by atoms with Crippen molar-refractivity contribution in [2.75, 3.05) is 24.7 Å². The first-order chi connectivity index (χ1) is 7.79. The molecular formula is C12H26O2S2. The van der Waals surface area contributed by atoms with E-state index in [0.29, 0.717) is 11.8 Å². The maximum absolute atomic E-state index is 9.07. The lowest BCUT2D eigenvalue weighted by Crippen LogP contribution is -2.18. The van der Waals surface area contributed by atoms with Crippen molar-refractivity contribution in [1.82, 2.24) is 0 Å². The van der Waals surface area contributed by atoms with Gasteiger partial charge in [-0.05, 0) is 49.0 Å². The van der Waals surface area contributed by atoms with E-state index in [0.717, 1.165) is 50.0 Å². The maximum Gasteiger partial charge on any atom is 0.0433 e. The standard InChI is InChI=1S/C12H26O2S2/c13-7-2-1-3-11(5-9-15)12(4-8-14)6-10-16/h11-16H,1-10H2. The number of aliphatic hydroxyl groups excluding tert-OH is 2. The van der Waals surface area contributed by atoms with Crippen LogP contribution in [-0.2, 0) is 0 Å². The average molecular weight is 266 g/mol. The van der Waals surface area contributed by atoms with Crippen molar-refractivity contribution in [2.24, 2.45) is 11.8 Å². The molecule has 98 valence electrons. The molecule has 4 heteroatoms. The Balaban J connectivity index is 4.08. The molecular weight excluding hydrogens is 240 g/mol. The molecule has 0 heterocycles. The Kier molecular flexibility index (Phi) is 12.6. The second-order valence-electron chi connectivity index (χ2n) is 4.28. The van der Waals surface area contributed by atoms with E-state index in [-0.39, 0.29) is 13.2 Å². The summed E-state index contributed by atoms with van der Waals surface area (Å²) in [6, 6.07) is 0. The fraction of sp³-hybridized carbons (Fsp3) is 1.00. The SMILES string of the molecule is OCCCCC(CCS)C(CCO)CCS. The molecule has 0 spiro atoms. The molecule has 0 saturated carbocycles. The van der Waals surface area contributed by atoms with Crippen LogP contribution in [0.2, 0.25) is 0 Å². The van der Waals surface area contributed by atoms with Crippen molar-refractivity contribution in [2.45, 2.75) is 38.5 Å². The van der Waals surface area contributed by atoms with Crippen LogP contribution in [0.5, 0.6) is 0 Å². The van der Waals surface area contributed by atoms with Gasteiger partial charge in [0.25, 0.3) is 0 Å². The molecule has 2 unspecified atom stereocenters. The van der Waals surface area contributed by atoms with E-state index in [1.165, 1.54) is 0 Å². The summed E-state index contributed by atoms with van der Waals surface area (Å²) in [7, 11) is 0. The zero-order valence-electron chi connectivity index (χ0n) is 10.0. The van der Waals surface area contributed by atoms with Crippen molar-refractivity contribution in [1.29, 1.82) is 0 Å².